The fraction of sp³-hybridized carbons (Fsp3) is 0.333. The first kappa shape index (κ1) is 21.1. The molecule has 0 bridgehead atoms. The number of hydrogen-bond acceptors (Lipinski definition) is 6. The lowest BCUT2D eigenvalue weighted by Gasteiger charge is -2.32. The van der Waals surface area contributed by atoms with Gasteiger partial charge in [0.05, 0.1) is 12.4 Å². The minimum Gasteiger partial charge on any atom is -0.443 e. The molecule has 1 aromatic carbocycles. The highest BCUT2D eigenvalue weighted by atomic mass is 19.1. The van der Waals surface area contributed by atoms with Crippen LogP contribution in [0.1, 0.15) is 60.0 Å². The number of likely N-dealkylation sites (tertiary alicyclic amines) is 1. The lowest BCUT2D eigenvalue weighted by atomic mass is 10.0. The van der Waals surface area contributed by atoms with E-state index >= 15 is 0 Å². The number of rotatable bonds is 6. The molecule has 1 saturated heterocycles. The SMILES string of the molecule is CCn1cc(-c2cc(C(=O)N3CCCC[C@H]3c3ncc(Cc4cccc(F)c4)o3)on2)cn1. The van der Waals surface area contributed by atoms with Crippen molar-refractivity contribution in [2.75, 3.05) is 6.54 Å². The predicted molar refractivity (Wildman–Crippen MR) is 117 cm³/mol. The summed E-state index contributed by atoms with van der Waals surface area (Å²) in [5.74, 6) is 0.755. The van der Waals surface area contributed by atoms with Crippen molar-refractivity contribution in [1.29, 1.82) is 0 Å². The summed E-state index contributed by atoms with van der Waals surface area (Å²) in [5.41, 5.74) is 2.17. The normalized spacial score (nSPS) is 16.3. The minimum absolute atomic E-state index is 0.174. The van der Waals surface area contributed by atoms with Gasteiger partial charge < -0.3 is 13.8 Å². The third-order valence-corrected chi connectivity index (χ3v) is 5.86. The molecule has 1 atom stereocenters. The fourth-order valence-corrected chi connectivity index (χ4v) is 4.16. The molecular formula is C24H24FN5O3. The van der Waals surface area contributed by atoms with E-state index in [1.807, 2.05) is 19.2 Å². The van der Waals surface area contributed by atoms with E-state index in [1.165, 1.54) is 12.1 Å². The zero-order chi connectivity index (χ0) is 22.8. The quantitative estimate of drug-likeness (QED) is 0.426. The third-order valence-electron chi connectivity index (χ3n) is 5.86. The Hall–Kier alpha value is -3.75. The van der Waals surface area contributed by atoms with Gasteiger partial charge in [-0.3, -0.25) is 9.48 Å². The second-order valence-corrected chi connectivity index (χ2v) is 8.14. The fourth-order valence-electron chi connectivity index (χ4n) is 4.16. The summed E-state index contributed by atoms with van der Waals surface area (Å²) in [7, 11) is 0. The van der Waals surface area contributed by atoms with Gasteiger partial charge in [-0.2, -0.15) is 5.10 Å². The molecule has 5 rings (SSSR count). The summed E-state index contributed by atoms with van der Waals surface area (Å²) in [6.45, 7) is 3.32. The highest BCUT2D eigenvalue weighted by Crippen LogP contribution is 2.33. The van der Waals surface area contributed by atoms with Gasteiger partial charge in [-0.15, -0.1) is 0 Å². The van der Waals surface area contributed by atoms with E-state index in [1.54, 1.807) is 34.1 Å². The molecule has 170 valence electrons. The molecule has 1 aliphatic rings. The molecule has 9 heteroatoms. The van der Waals surface area contributed by atoms with Gasteiger partial charge in [-0.05, 0) is 43.9 Å². The van der Waals surface area contributed by atoms with E-state index in [4.69, 9.17) is 8.94 Å². The number of aromatic nitrogens is 4. The van der Waals surface area contributed by atoms with Gasteiger partial charge in [-0.25, -0.2) is 9.37 Å². The molecule has 8 nitrogen and oxygen atoms in total. The van der Waals surface area contributed by atoms with E-state index in [-0.39, 0.29) is 23.5 Å². The van der Waals surface area contributed by atoms with Crippen LogP contribution in [0.3, 0.4) is 0 Å². The van der Waals surface area contributed by atoms with Gasteiger partial charge in [0, 0.05) is 37.3 Å². The molecule has 0 spiro atoms. The zero-order valence-corrected chi connectivity index (χ0v) is 18.3. The second-order valence-electron chi connectivity index (χ2n) is 8.14. The topological polar surface area (TPSA) is 90.2 Å². The molecule has 0 saturated carbocycles. The Bertz CT molecular complexity index is 1260. The standard InChI is InChI=1S/C24H24FN5O3/c1-2-29-15-17(13-27-29)20-12-22(33-28-20)24(31)30-9-4-3-8-21(30)23-26-14-19(32-23)11-16-6-5-7-18(25)10-16/h5-7,10,12-15,21H,2-4,8-9,11H2,1H3/t21-/m0/s1. The van der Waals surface area contributed by atoms with Crippen LogP contribution in [0.4, 0.5) is 4.39 Å². The van der Waals surface area contributed by atoms with Crippen LogP contribution < -0.4 is 0 Å². The van der Waals surface area contributed by atoms with E-state index in [9.17, 15) is 9.18 Å². The van der Waals surface area contributed by atoms with Crippen molar-refractivity contribution in [3.05, 3.63) is 77.7 Å². The zero-order valence-electron chi connectivity index (χ0n) is 18.3. The number of nitrogens with zero attached hydrogens (tertiary/aromatic N) is 5. The van der Waals surface area contributed by atoms with Gasteiger partial charge in [0.1, 0.15) is 23.3 Å². The minimum atomic E-state index is -0.288. The van der Waals surface area contributed by atoms with Crippen LogP contribution in [-0.2, 0) is 13.0 Å². The first-order chi connectivity index (χ1) is 16.1. The van der Waals surface area contributed by atoms with Crippen LogP contribution in [0, 0.1) is 5.82 Å². The molecule has 0 aliphatic carbocycles. The van der Waals surface area contributed by atoms with Crippen molar-refractivity contribution >= 4 is 5.91 Å². The molecule has 0 radical (unpaired) electrons. The van der Waals surface area contributed by atoms with Crippen LogP contribution in [0.25, 0.3) is 11.3 Å². The maximum Gasteiger partial charge on any atom is 0.293 e. The average molecular weight is 449 g/mol. The molecule has 33 heavy (non-hydrogen) atoms. The Balaban J connectivity index is 1.34. The summed E-state index contributed by atoms with van der Waals surface area (Å²) < 4.78 is 26.7. The highest BCUT2D eigenvalue weighted by molar-refractivity contribution is 5.92. The lowest BCUT2D eigenvalue weighted by molar-refractivity contribution is 0.0528. The van der Waals surface area contributed by atoms with Crippen LogP contribution in [0.15, 0.2) is 57.9 Å². The Labute approximate surface area is 190 Å². The maximum absolute atomic E-state index is 13.5. The number of amides is 1. The maximum atomic E-state index is 13.5. The molecule has 1 aliphatic heterocycles. The van der Waals surface area contributed by atoms with Crippen LogP contribution in [0.2, 0.25) is 0 Å². The van der Waals surface area contributed by atoms with Crippen molar-refractivity contribution in [2.24, 2.45) is 0 Å². The highest BCUT2D eigenvalue weighted by Gasteiger charge is 2.34. The second kappa shape index (κ2) is 9.01. The number of halogens is 1. The van der Waals surface area contributed by atoms with Crippen molar-refractivity contribution in [2.45, 2.75) is 45.2 Å². The number of piperidine rings is 1. The van der Waals surface area contributed by atoms with Crippen molar-refractivity contribution in [3.63, 3.8) is 0 Å². The summed E-state index contributed by atoms with van der Waals surface area (Å²) in [6.07, 6.45) is 8.25. The van der Waals surface area contributed by atoms with Gasteiger partial charge in [0.25, 0.3) is 5.91 Å². The Morgan fingerprint density at radius 1 is 1.24 bits per heavy atom. The molecule has 0 N–H and O–H groups in total. The molecule has 0 unspecified atom stereocenters. The van der Waals surface area contributed by atoms with Crippen molar-refractivity contribution < 1.29 is 18.1 Å². The van der Waals surface area contributed by atoms with Gasteiger partial charge in [0.15, 0.2) is 0 Å². The van der Waals surface area contributed by atoms with Gasteiger partial charge in [0.2, 0.25) is 11.7 Å². The molecule has 4 heterocycles. The van der Waals surface area contributed by atoms with Gasteiger partial charge >= 0.3 is 0 Å². The number of hydrogen-bond donors (Lipinski definition) is 0. The van der Waals surface area contributed by atoms with E-state index in [0.29, 0.717) is 30.3 Å². The van der Waals surface area contributed by atoms with E-state index in [0.717, 1.165) is 36.9 Å². The Morgan fingerprint density at radius 2 is 2.15 bits per heavy atom. The van der Waals surface area contributed by atoms with Crippen LogP contribution in [-0.4, -0.2) is 37.3 Å². The third kappa shape index (κ3) is 4.44. The molecular weight excluding hydrogens is 425 g/mol. The Kier molecular flexibility index (Phi) is 5.77. The smallest absolute Gasteiger partial charge is 0.293 e. The van der Waals surface area contributed by atoms with Crippen LogP contribution in [0.5, 0.6) is 0 Å². The van der Waals surface area contributed by atoms with Gasteiger partial charge in [-0.1, -0.05) is 17.3 Å². The summed E-state index contributed by atoms with van der Waals surface area (Å²) in [5, 5.41) is 8.30. The largest absolute Gasteiger partial charge is 0.443 e. The predicted octanol–water partition coefficient (Wildman–Crippen LogP) is 4.64. The number of oxazole rings is 1. The average Bonchev–Trinajstić information content (AvgIpc) is 3.59. The summed E-state index contributed by atoms with van der Waals surface area (Å²) in [6, 6.07) is 7.76. The molecule has 1 fully saturated rings. The summed E-state index contributed by atoms with van der Waals surface area (Å²) in [4.78, 5) is 19.5. The number of carbonyl (C=O) groups excluding carboxylic acids is 1. The monoisotopic (exact) mass is 449 g/mol. The van der Waals surface area contributed by atoms with E-state index < -0.39 is 0 Å². The summed E-state index contributed by atoms with van der Waals surface area (Å²) >= 11 is 0. The first-order valence-electron chi connectivity index (χ1n) is 11.1. The van der Waals surface area contributed by atoms with Crippen LogP contribution >= 0.6 is 0 Å². The van der Waals surface area contributed by atoms with E-state index in [2.05, 4.69) is 15.2 Å². The van der Waals surface area contributed by atoms with Crippen molar-refractivity contribution in [3.8, 4) is 11.3 Å². The number of aryl methyl sites for hydroxylation is 1. The lowest BCUT2D eigenvalue weighted by Crippen LogP contribution is -2.38. The van der Waals surface area contributed by atoms with Crippen molar-refractivity contribution in [1.82, 2.24) is 24.8 Å². The first-order valence-corrected chi connectivity index (χ1v) is 11.1. The molecule has 4 aromatic rings. The number of carbonyl (C=O) groups is 1. The molecule has 1 amide bonds. The Morgan fingerprint density at radius 3 is 2.97 bits per heavy atom. The number of benzene rings is 1. The molecule has 3 aromatic heterocycles.